The number of aliphatic hydroxyl groups is 3. The van der Waals surface area contributed by atoms with E-state index in [1.807, 2.05) is 13.8 Å². The maximum Gasteiger partial charge on any atom is 0.328 e. The van der Waals surface area contributed by atoms with Gasteiger partial charge < -0.3 is 19.9 Å². The Bertz CT molecular complexity index is 480. The first kappa shape index (κ1) is 17.6. The molecule has 0 radical (unpaired) electrons. The van der Waals surface area contributed by atoms with E-state index in [1.54, 1.807) is 6.92 Å². The van der Waals surface area contributed by atoms with Gasteiger partial charge in [0.15, 0.2) is 0 Å². The summed E-state index contributed by atoms with van der Waals surface area (Å²) in [6, 6.07) is 0. The van der Waals surface area contributed by atoms with Gasteiger partial charge in [-0.05, 0) is 13.3 Å². The molecule has 0 saturated heterocycles. The van der Waals surface area contributed by atoms with Crippen molar-refractivity contribution in [1.82, 2.24) is 9.55 Å². The number of hydrogen-bond acceptors (Lipinski definition) is 5. The van der Waals surface area contributed by atoms with Crippen LogP contribution >= 0.6 is 0 Å². The molecule has 0 spiro atoms. The summed E-state index contributed by atoms with van der Waals surface area (Å²) in [5.41, 5.74) is -0.615. The zero-order valence-corrected chi connectivity index (χ0v) is 11.5. The predicted octanol–water partition coefficient (Wildman–Crippen LogP) is -1.02. The normalized spacial score (nSPS) is 13.4. The summed E-state index contributed by atoms with van der Waals surface area (Å²) in [6.45, 7) is 5.17. The van der Waals surface area contributed by atoms with Crippen LogP contribution in [0.5, 0.6) is 0 Å². The van der Waals surface area contributed by atoms with Crippen LogP contribution in [0.25, 0.3) is 0 Å². The lowest BCUT2D eigenvalue weighted by Crippen LogP contribution is -2.34. The van der Waals surface area contributed by atoms with E-state index in [2.05, 4.69) is 4.98 Å². The standard InChI is InChI=1S/C10H16N2O5.C2H6/c1-6-4-12(10(17)11-9(6)16)3-2-7(14)8(15)5-13;1-2/h4,7-8,13-15H,2-3,5H2,1H3,(H,11,16,17);1-2H3. The highest BCUT2D eigenvalue weighted by atomic mass is 16.4. The highest BCUT2D eigenvalue weighted by Gasteiger charge is 2.15. The van der Waals surface area contributed by atoms with Crippen LogP contribution in [0.1, 0.15) is 25.8 Å². The quantitative estimate of drug-likeness (QED) is 0.548. The van der Waals surface area contributed by atoms with Crippen molar-refractivity contribution in [3.8, 4) is 0 Å². The molecule has 0 fully saturated rings. The van der Waals surface area contributed by atoms with E-state index in [-0.39, 0.29) is 13.0 Å². The Morgan fingerprint density at radius 2 is 1.84 bits per heavy atom. The Labute approximate surface area is 111 Å². The zero-order valence-electron chi connectivity index (χ0n) is 11.5. The maximum absolute atomic E-state index is 11.4. The summed E-state index contributed by atoms with van der Waals surface area (Å²) in [5, 5.41) is 27.1. The van der Waals surface area contributed by atoms with Gasteiger partial charge in [-0.15, -0.1) is 0 Å². The Morgan fingerprint density at radius 1 is 1.26 bits per heavy atom. The lowest BCUT2D eigenvalue weighted by Gasteiger charge is -2.15. The largest absolute Gasteiger partial charge is 0.394 e. The fourth-order valence-corrected chi connectivity index (χ4v) is 1.37. The summed E-state index contributed by atoms with van der Waals surface area (Å²) in [5.74, 6) is 0. The fraction of sp³-hybridized carbons (Fsp3) is 0.667. The number of aliphatic hydroxyl groups excluding tert-OH is 3. The van der Waals surface area contributed by atoms with Crippen molar-refractivity contribution in [1.29, 1.82) is 0 Å². The Balaban J connectivity index is 0.00000154. The van der Waals surface area contributed by atoms with Gasteiger partial charge in [-0.2, -0.15) is 0 Å². The van der Waals surface area contributed by atoms with Gasteiger partial charge in [0.05, 0.1) is 12.7 Å². The molecule has 1 heterocycles. The third-order valence-corrected chi connectivity index (χ3v) is 2.49. The van der Waals surface area contributed by atoms with Crippen LogP contribution in [0, 0.1) is 6.92 Å². The van der Waals surface area contributed by atoms with Crippen LogP contribution in [-0.4, -0.2) is 43.7 Å². The molecule has 4 N–H and O–H groups in total. The molecule has 1 rings (SSSR count). The van der Waals surface area contributed by atoms with E-state index < -0.39 is 30.1 Å². The van der Waals surface area contributed by atoms with E-state index in [1.165, 1.54) is 10.8 Å². The molecular weight excluding hydrogens is 252 g/mol. The maximum atomic E-state index is 11.4. The monoisotopic (exact) mass is 274 g/mol. The lowest BCUT2D eigenvalue weighted by atomic mass is 10.1. The van der Waals surface area contributed by atoms with Crippen molar-refractivity contribution in [3.05, 3.63) is 32.6 Å². The summed E-state index contributed by atoms with van der Waals surface area (Å²) in [7, 11) is 0. The number of aromatic amines is 1. The first-order chi connectivity index (χ1) is 8.95. The van der Waals surface area contributed by atoms with Gasteiger partial charge in [0.1, 0.15) is 6.10 Å². The molecule has 0 bridgehead atoms. The van der Waals surface area contributed by atoms with E-state index in [0.717, 1.165) is 0 Å². The molecule has 0 saturated carbocycles. The third-order valence-electron chi connectivity index (χ3n) is 2.49. The summed E-state index contributed by atoms with van der Waals surface area (Å²) in [6.07, 6.45) is -0.847. The summed E-state index contributed by atoms with van der Waals surface area (Å²) in [4.78, 5) is 24.6. The Kier molecular flexibility index (Phi) is 7.97. The van der Waals surface area contributed by atoms with Crippen LogP contribution in [0.4, 0.5) is 0 Å². The number of aromatic nitrogens is 2. The number of nitrogens with zero attached hydrogens (tertiary/aromatic N) is 1. The number of aryl methyl sites for hydroxylation is 2. The molecule has 7 nitrogen and oxygen atoms in total. The minimum atomic E-state index is -1.23. The van der Waals surface area contributed by atoms with Gasteiger partial charge in [-0.3, -0.25) is 9.78 Å². The van der Waals surface area contributed by atoms with Crippen molar-refractivity contribution in [2.45, 2.75) is 45.9 Å². The van der Waals surface area contributed by atoms with Gasteiger partial charge >= 0.3 is 5.69 Å². The predicted molar refractivity (Wildman–Crippen MR) is 71.1 cm³/mol. The van der Waals surface area contributed by atoms with E-state index >= 15 is 0 Å². The van der Waals surface area contributed by atoms with Crippen LogP contribution in [-0.2, 0) is 6.54 Å². The summed E-state index contributed by atoms with van der Waals surface area (Å²) < 4.78 is 1.24. The highest BCUT2D eigenvalue weighted by Crippen LogP contribution is 2.00. The molecule has 0 aromatic carbocycles. The second kappa shape index (κ2) is 8.63. The van der Waals surface area contributed by atoms with Crippen LogP contribution in [0.3, 0.4) is 0 Å². The molecule has 2 unspecified atom stereocenters. The minimum absolute atomic E-state index is 0.104. The molecule has 1 aromatic heterocycles. The molecular formula is C12H22N2O5. The van der Waals surface area contributed by atoms with Crippen LogP contribution in [0.15, 0.2) is 15.8 Å². The van der Waals surface area contributed by atoms with Crippen molar-refractivity contribution in [3.63, 3.8) is 0 Å². The number of H-pyrrole nitrogens is 1. The van der Waals surface area contributed by atoms with E-state index in [0.29, 0.717) is 5.56 Å². The molecule has 1 aromatic rings. The average molecular weight is 274 g/mol. The van der Waals surface area contributed by atoms with Gasteiger partial charge in [-0.1, -0.05) is 13.8 Å². The average Bonchev–Trinajstić information content (AvgIpc) is 2.42. The van der Waals surface area contributed by atoms with Crippen LogP contribution < -0.4 is 11.2 Å². The van der Waals surface area contributed by atoms with Gasteiger partial charge in [0.2, 0.25) is 0 Å². The van der Waals surface area contributed by atoms with Crippen molar-refractivity contribution >= 4 is 0 Å². The molecule has 7 heteroatoms. The number of rotatable bonds is 5. The number of nitrogens with one attached hydrogen (secondary N) is 1. The first-order valence-electron chi connectivity index (χ1n) is 6.23. The minimum Gasteiger partial charge on any atom is -0.394 e. The highest BCUT2D eigenvalue weighted by molar-refractivity contribution is 5.00. The molecule has 0 aliphatic rings. The topological polar surface area (TPSA) is 116 Å². The molecule has 0 amide bonds. The van der Waals surface area contributed by atoms with Crippen LogP contribution in [0.2, 0.25) is 0 Å². The van der Waals surface area contributed by atoms with Gasteiger partial charge in [0.25, 0.3) is 5.56 Å². The Hall–Kier alpha value is -1.44. The lowest BCUT2D eigenvalue weighted by molar-refractivity contribution is -0.0194. The fourth-order valence-electron chi connectivity index (χ4n) is 1.37. The van der Waals surface area contributed by atoms with E-state index in [9.17, 15) is 14.7 Å². The van der Waals surface area contributed by atoms with Gasteiger partial charge in [0, 0.05) is 18.3 Å². The number of hydrogen-bond donors (Lipinski definition) is 4. The van der Waals surface area contributed by atoms with Crippen molar-refractivity contribution in [2.24, 2.45) is 0 Å². The van der Waals surface area contributed by atoms with E-state index in [4.69, 9.17) is 10.2 Å². The smallest absolute Gasteiger partial charge is 0.328 e. The zero-order chi connectivity index (χ0) is 15.0. The SMILES string of the molecule is CC.Cc1cn(CCC(O)C(O)CO)c(=O)[nH]c1=O. The van der Waals surface area contributed by atoms with Crippen molar-refractivity contribution in [2.75, 3.05) is 6.61 Å². The third kappa shape index (κ3) is 5.37. The molecule has 110 valence electrons. The second-order valence-corrected chi connectivity index (χ2v) is 3.87. The summed E-state index contributed by atoms with van der Waals surface area (Å²) >= 11 is 0. The molecule has 0 aliphatic heterocycles. The first-order valence-corrected chi connectivity index (χ1v) is 6.23. The Morgan fingerprint density at radius 3 is 2.37 bits per heavy atom. The van der Waals surface area contributed by atoms with Crippen molar-refractivity contribution < 1.29 is 15.3 Å². The molecule has 2 atom stereocenters. The van der Waals surface area contributed by atoms with Gasteiger partial charge in [-0.25, -0.2) is 4.79 Å². The molecule has 0 aliphatic carbocycles. The molecule has 19 heavy (non-hydrogen) atoms. The second-order valence-electron chi connectivity index (χ2n) is 3.87.